The molecule has 0 saturated carbocycles. The van der Waals surface area contributed by atoms with Crippen LogP contribution in [0.3, 0.4) is 0 Å². The van der Waals surface area contributed by atoms with E-state index >= 15 is 0 Å². The number of hydrogen-bond acceptors (Lipinski definition) is 5. The first-order valence-corrected chi connectivity index (χ1v) is 9.48. The van der Waals surface area contributed by atoms with E-state index in [1.807, 2.05) is 60.7 Å². The van der Waals surface area contributed by atoms with Gasteiger partial charge in [-0.05, 0) is 60.7 Å². The molecular formula is C22H17N3O2S. The van der Waals surface area contributed by atoms with Crippen molar-refractivity contribution in [2.75, 3.05) is 12.4 Å². The first kappa shape index (κ1) is 18.0. The highest BCUT2D eigenvalue weighted by Crippen LogP contribution is 2.30. The number of nitrogens with one attached hydrogen (secondary N) is 1. The van der Waals surface area contributed by atoms with E-state index in [2.05, 4.69) is 15.3 Å². The van der Waals surface area contributed by atoms with E-state index in [0.717, 1.165) is 15.3 Å². The first-order chi connectivity index (χ1) is 13.7. The number of fused-ring (bicyclic) bond motifs is 1. The van der Waals surface area contributed by atoms with Crippen molar-refractivity contribution in [1.29, 1.82) is 0 Å². The Hall–Kier alpha value is -3.38. The van der Waals surface area contributed by atoms with Crippen LogP contribution in [0.25, 0.3) is 10.9 Å². The second kappa shape index (κ2) is 8.10. The predicted molar refractivity (Wildman–Crippen MR) is 111 cm³/mol. The third kappa shape index (κ3) is 3.82. The van der Waals surface area contributed by atoms with Gasteiger partial charge in [0.05, 0.1) is 12.8 Å². The van der Waals surface area contributed by atoms with Gasteiger partial charge in [0.2, 0.25) is 0 Å². The van der Waals surface area contributed by atoms with Crippen LogP contribution >= 0.6 is 11.8 Å². The number of benzene rings is 2. The molecule has 0 unspecified atom stereocenters. The molecule has 0 saturated heterocycles. The average Bonchev–Trinajstić information content (AvgIpc) is 2.75. The number of carbonyl (C=O) groups is 1. The van der Waals surface area contributed by atoms with Crippen LogP contribution in [-0.2, 0) is 0 Å². The number of anilines is 1. The number of methoxy groups -OCH3 is 1. The molecule has 6 heteroatoms. The lowest BCUT2D eigenvalue weighted by atomic mass is 10.1. The highest BCUT2D eigenvalue weighted by atomic mass is 32.2. The second-order valence-electron chi connectivity index (χ2n) is 5.96. The summed E-state index contributed by atoms with van der Waals surface area (Å²) in [5.74, 6) is 0.495. The van der Waals surface area contributed by atoms with Crippen molar-refractivity contribution in [2.24, 2.45) is 0 Å². The number of rotatable bonds is 5. The monoisotopic (exact) mass is 387 g/mol. The van der Waals surface area contributed by atoms with Crippen LogP contribution in [-0.4, -0.2) is 23.0 Å². The van der Waals surface area contributed by atoms with Gasteiger partial charge in [-0.25, -0.2) is 4.98 Å². The molecule has 4 rings (SSSR count). The van der Waals surface area contributed by atoms with Gasteiger partial charge in [-0.1, -0.05) is 17.8 Å². The van der Waals surface area contributed by atoms with Crippen molar-refractivity contribution in [3.63, 3.8) is 0 Å². The second-order valence-corrected chi connectivity index (χ2v) is 7.06. The van der Waals surface area contributed by atoms with Crippen molar-refractivity contribution >= 4 is 34.3 Å². The van der Waals surface area contributed by atoms with Crippen LogP contribution in [0.2, 0.25) is 0 Å². The van der Waals surface area contributed by atoms with Gasteiger partial charge >= 0.3 is 0 Å². The largest absolute Gasteiger partial charge is 0.494 e. The molecular weight excluding hydrogens is 370 g/mol. The van der Waals surface area contributed by atoms with E-state index in [1.54, 1.807) is 37.3 Å². The third-order valence-corrected chi connectivity index (χ3v) is 5.14. The van der Waals surface area contributed by atoms with Crippen molar-refractivity contribution in [1.82, 2.24) is 9.97 Å². The molecule has 138 valence electrons. The molecule has 0 aliphatic rings. The fourth-order valence-electron chi connectivity index (χ4n) is 2.82. The summed E-state index contributed by atoms with van der Waals surface area (Å²) in [4.78, 5) is 22.4. The maximum atomic E-state index is 12.7. The van der Waals surface area contributed by atoms with Crippen molar-refractivity contribution in [3.05, 3.63) is 84.7 Å². The zero-order chi connectivity index (χ0) is 19.3. The normalized spacial score (nSPS) is 10.6. The topological polar surface area (TPSA) is 64.1 Å². The Labute approximate surface area is 166 Å². The molecule has 0 spiro atoms. The third-order valence-electron chi connectivity index (χ3n) is 4.18. The average molecular weight is 387 g/mol. The summed E-state index contributed by atoms with van der Waals surface area (Å²) < 4.78 is 5.35. The van der Waals surface area contributed by atoms with Crippen LogP contribution < -0.4 is 10.1 Å². The molecule has 0 atom stereocenters. The fraction of sp³-hybridized carbons (Fsp3) is 0.0455. The minimum atomic E-state index is -0.176. The smallest absolute Gasteiger partial charge is 0.255 e. The maximum absolute atomic E-state index is 12.7. The summed E-state index contributed by atoms with van der Waals surface area (Å²) in [5, 5.41) is 4.71. The van der Waals surface area contributed by atoms with Gasteiger partial charge in [-0.15, -0.1) is 0 Å². The molecule has 1 amide bonds. The number of amides is 1. The quantitative estimate of drug-likeness (QED) is 0.520. The van der Waals surface area contributed by atoms with E-state index in [1.165, 1.54) is 0 Å². The molecule has 4 aromatic rings. The minimum Gasteiger partial charge on any atom is -0.494 e. The number of ether oxygens (including phenoxy) is 1. The number of nitrogens with zero attached hydrogens (tertiary/aromatic N) is 2. The van der Waals surface area contributed by atoms with E-state index in [0.29, 0.717) is 22.5 Å². The van der Waals surface area contributed by atoms with Crippen LogP contribution in [0.1, 0.15) is 10.4 Å². The fourth-order valence-corrected chi connectivity index (χ4v) is 3.59. The van der Waals surface area contributed by atoms with E-state index in [9.17, 15) is 4.79 Å². The lowest BCUT2D eigenvalue weighted by Crippen LogP contribution is -2.12. The van der Waals surface area contributed by atoms with Crippen LogP contribution in [0, 0.1) is 0 Å². The van der Waals surface area contributed by atoms with Gasteiger partial charge in [0.1, 0.15) is 16.3 Å². The minimum absolute atomic E-state index is 0.176. The van der Waals surface area contributed by atoms with E-state index in [4.69, 9.17) is 4.74 Å². The summed E-state index contributed by atoms with van der Waals surface area (Å²) in [6.45, 7) is 0. The van der Waals surface area contributed by atoms with E-state index < -0.39 is 0 Å². The van der Waals surface area contributed by atoms with Gasteiger partial charge in [-0.2, -0.15) is 0 Å². The Balaban J connectivity index is 1.53. The summed E-state index contributed by atoms with van der Waals surface area (Å²) in [6.07, 6.45) is 3.46. The standard InChI is InChI=1S/C22H17N3O2S/c1-27-19-12-11-18(17-5-4-14-24-21(17)19)25-22(26)15-7-9-16(10-8-15)28-20-6-2-3-13-23-20/h2-14H,1H3,(H,25,26). The van der Waals surface area contributed by atoms with Crippen molar-refractivity contribution < 1.29 is 9.53 Å². The Morgan fingerprint density at radius 2 is 1.75 bits per heavy atom. The summed E-state index contributed by atoms with van der Waals surface area (Å²) in [6, 6.07) is 20.6. The molecule has 0 aliphatic heterocycles. The van der Waals surface area contributed by atoms with Crippen molar-refractivity contribution in [2.45, 2.75) is 9.92 Å². The highest BCUT2D eigenvalue weighted by molar-refractivity contribution is 7.99. The van der Waals surface area contributed by atoms with Gasteiger partial charge in [-0.3, -0.25) is 9.78 Å². The number of carbonyl (C=O) groups excluding carboxylic acids is 1. The molecule has 2 aromatic heterocycles. The molecule has 0 radical (unpaired) electrons. The van der Waals surface area contributed by atoms with E-state index in [-0.39, 0.29) is 5.91 Å². The first-order valence-electron chi connectivity index (χ1n) is 8.66. The van der Waals surface area contributed by atoms with Gasteiger partial charge < -0.3 is 10.1 Å². The molecule has 0 bridgehead atoms. The van der Waals surface area contributed by atoms with Crippen LogP contribution in [0.15, 0.2) is 89.0 Å². The van der Waals surface area contributed by atoms with Gasteiger partial charge in [0.25, 0.3) is 5.91 Å². The number of pyridine rings is 2. The summed E-state index contributed by atoms with van der Waals surface area (Å²) >= 11 is 1.55. The Bertz CT molecular complexity index is 1120. The Kier molecular flexibility index (Phi) is 5.21. The van der Waals surface area contributed by atoms with Gasteiger partial charge in [0, 0.05) is 28.2 Å². The van der Waals surface area contributed by atoms with Crippen LogP contribution in [0.5, 0.6) is 5.75 Å². The summed E-state index contributed by atoms with van der Waals surface area (Å²) in [7, 11) is 1.60. The molecule has 5 nitrogen and oxygen atoms in total. The molecule has 2 heterocycles. The Morgan fingerprint density at radius 1 is 0.929 bits per heavy atom. The molecule has 1 N–H and O–H groups in total. The predicted octanol–water partition coefficient (Wildman–Crippen LogP) is 5.04. The molecule has 2 aromatic carbocycles. The maximum Gasteiger partial charge on any atom is 0.255 e. The van der Waals surface area contributed by atoms with Crippen LogP contribution in [0.4, 0.5) is 5.69 Å². The molecule has 28 heavy (non-hydrogen) atoms. The lowest BCUT2D eigenvalue weighted by molar-refractivity contribution is 0.102. The zero-order valence-electron chi connectivity index (χ0n) is 15.1. The molecule has 0 aliphatic carbocycles. The highest BCUT2D eigenvalue weighted by Gasteiger charge is 2.11. The number of hydrogen-bond donors (Lipinski definition) is 1. The SMILES string of the molecule is COc1ccc(NC(=O)c2ccc(Sc3ccccn3)cc2)c2cccnc12. The molecule has 0 fully saturated rings. The Morgan fingerprint density at radius 3 is 2.50 bits per heavy atom. The van der Waals surface area contributed by atoms with Gasteiger partial charge in [0.15, 0.2) is 0 Å². The lowest BCUT2D eigenvalue weighted by Gasteiger charge is -2.11. The zero-order valence-corrected chi connectivity index (χ0v) is 15.9. The number of aromatic nitrogens is 2. The summed E-state index contributed by atoms with van der Waals surface area (Å²) in [5.41, 5.74) is 1.99. The van der Waals surface area contributed by atoms with Crippen molar-refractivity contribution in [3.8, 4) is 5.75 Å².